The van der Waals surface area contributed by atoms with Crippen molar-refractivity contribution in [1.29, 1.82) is 0 Å². The lowest BCUT2D eigenvalue weighted by Crippen LogP contribution is -1.90. The molecular formula is C46H28O2. The Morgan fingerprint density at radius 3 is 1.60 bits per heavy atom. The van der Waals surface area contributed by atoms with Gasteiger partial charge in [0.25, 0.3) is 0 Å². The molecule has 0 saturated heterocycles. The molecule has 0 saturated carbocycles. The van der Waals surface area contributed by atoms with Crippen molar-refractivity contribution >= 4 is 54.5 Å². The SMILES string of the molecule is [2H]c1c([2H])c([2H])c2c(-c3ccc(-c4cccc5c4oc4ccc6cc(-c7ccccc7)oc6c45)cc3)c3c([2H])c([2H])c([2H])c([2H])c3c(-c3ccccc3)c2c1[2H]. The topological polar surface area (TPSA) is 26.3 Å². The molecule has 10 rings (SSSR count). The van der Waals surface area contributed by atoms with Gasteiger partial charge in [0.1, 0.15) is 22.5 Å². The first-order chi connectivity index (χ1) is 27.1. The minimum atomic E-state index is -0.433. The van der Waals surface area contributed by atoms with Gasteiger partial charge in [-0.1, -0.05) is 151 Å². The molecule has 224 valence electrons. The van der Waals surface area contributed by atoms with E-state index in [0.717, 1.165) is 44.2 Å². The predicted octanol–water partition coefficient (Wildman–Crippen LogP) is 13.3. The maximum atomic E-state index is 9.20. The molecule has 0 aliphatic carbocycles. The first-order valence-electron chi connectivity index (χ1n) is 19.7. The molecule has 2 aromatic heterocycles. The highest BCUT2D eigenvalue weighted by atomic mass is 16.3. The number of rotatable bonds is 4. The van der Waals surface area contributed by atoms with E-state index >= 15 is 0 Å². The zero-order valence-corrected chi connectivity index (χ0v) is 25.4. The molecule has 2 heteroatoms. The molecule has 0 unspecified atom stereocenters. The largest absolute Gasteiger partial charge is 0.455 e. The van der Waals surface area contributed by atoms with Crippen LogP contribution < -0.4 is 0 Å². The molecule has 2 heterocycles. The first-order valence-corrected chi connectivity index (χ1v) is 15.7. The molecule has 0 bridgehead atoms. The van der Waals surface area contributed by atoms with E-state index in [1.165, 1.54) is 0 Å². The number of para-hydroxylation sites is 1. The van der Waals surface area contributed by atoms with Crippen LogP contribution in [0, 0.1) is 0 Å². The van der Waals surface area contributed by atoms with E-state index in [2.05, 4.69) is 0 Å². The van der Waals surface area contributed by atoms with E-state index in [4.69, 9.17) is 17.1 Å². The molecule has 0 amide bonds. The zero-order chi connectivity index (χ0) is 38.6. The lowest BCUT2D eigenvalue weighted by atomic mass is 9.85. The highest BCUT2D eigenvalue weighted by Gasteiger charge is 2.19. The number of hydrogen-bond acceptors (Lipinski definition) is 2. The van der Waals surface area contributed by atoms with Crippen LogP contribution in [0.1, 0.15) is 11.0 Å². The van der Waals surface area contributed by atoms with Crippen LogP contribution in [-0.2, 0) is 0 Å². The van der Waals surface area contributed by atoms with Gasteiger partial charge in [-0.2, -0.15) is 0 Å². The Balaban J connectivity index is 1.22. The Morgan fingerprint density at radius 2 is 0.979 bits per heavy atom. The van der Waals surface area contributed by atoms with Crippen LogP contribution in [-0.4, -0.2) is 0 Å². The Morgan fingerprint density at radius 1 is 0.417 bits per heavy atom. The molecule has 0 spiro atoms. The van der Waals surface area contributed by atoms with E-state index < -0.39 is 24.2 Å². The lowest BCUT2D eigenvalue weighted by Gasteiger charge is -2.18. The van der Waals surface area contributed by atoms with Crippen molar-refractivity contribution in [1.82, 2.24) is 0 Å². The van der Waals surface area contributed by atoms with E-state index in [9.17, 15) is 2.74 Å². The van der Waals surface area contributed by atoms with Crippen molar-refractivity contribution in [2.75, 3.05) is 0 Å². The molecule has 48 heavy (non-hydrogen) atoms. The van der Waals surface area contributed by atoms with Gasteiger partial charge in [-0.3, -0.25) is 0 Å². The normalized spacial score (nSPS) is 14.1. The number of benzene rings is 8. The molecule has 0 fully saturated rings. The van der Waals surface area contributed by atoms with Gasteiger partial charge < -0.3 is 8.83 Å². The van der Waals surface area contributed by atoms with Crippen molar-refractivity contribution in [3.63, 3.8) is 0 Å². The van der Waals surface area contributed by atoms with Gasteiger partial charge in [0.05, 0.1) is 16.4 Å². The Kier molecular flexibility index (Phi) is 4.41. The van der Waals surface area contributed by atoms with Crippen LogP contribution in [0.15, 0.2) is 179 Å². The van der Waals surface area contributed by atoms with Gasteiger partial charge in [0, 0.05) is 21.9 Å². The summed E-state index contributed by atoms with van der Waals surface area (Å²) in [5.74, 6) is 0.765. The van der Waals surface area contributed by atoms with Gasteiger partial charge >= 0.3 is 0 Å². The predicted molar refractivity (Wildman–Crippen MR) is 200 cm³/mol. The highest BCUT2D eigenvalue weighted by Crippen LogP contribution is 2.45. The second-order valence-corrected chi connectivity index (χ2v) is 11.8. The van der Waals surface area contributed by atoms with E-state index in [1.807, 2.05) is 97.1 Å². The van der Waals surface area contributed by atoms with Crippen molar-refractivity contribution < 1.29 is 19.8 Å². The third kappa shape index (κ3) is 4.06. The summed E-state index contributed by atoms with van der Waals surface area (Å²) in [6.45, 7) is 0. The molecular weight excluding hydrogens is 585 g/mol. The molecule has 10 aromatic rings. The Labute approximate surface area is 288 Å². The van der Waals surface area contributed by atoms with Gasteiger partial charge in [-0.15, -0.1) is 0 Å². The second-order valence-electron chi connectivity index (χ2n) is 11.8. The third-order valence-electron chi connectivity index (χ3n) is 9.13. The Bertz CT molecular complexity index is 3180. The minimum absolute atomic E-state index is 0.178. The lowest BCUT2D eigenvalue weighted by molar-refractivity contribution is 0.633. The molecule has 2 nitrogen and oxygen atoms in total. The van der Waals surface area contributed by atoms with Crippen LogP contribution >= 0.6 is 0 Å². The fraction of sp³-hybridized carbons (Fsp3) is 0. The smallest absolute Gasteiger partial charge is 0.146 e. The van der Waals surface area contributed by atoms with Crippen LogP contribution in [0.25, 0.3) is 99.2 Å². The van der Waals surface area contributed by atoms with Crippen LogP contribution in [0.3, 0.4) is 0 Å². The molecule has 0 atom stereocenters. The maximum absolute atomic E-state index is 9.20. The molecule has 0 aliphatic heterocycles. The molecule has 0 N–H and O–H groups in total. The molecule has 8 aromatic carbocycles. The fourth-order valence-corrected chi connectivity index (χ4v) is 6.97. The minimum Gasteiger partial charge on any atom is -0.455 e. The average molecular weight is 621 g/mol. The fourth-order valence-electron chi connectivity index (χ4n) is 6.97. The number of fused-ring (bicyclic) bond motifs is 7. The van der Waals surface area contributed by atoms with Crippen molar-refractivity contribution in [2.24, 2.45) is 0 Å². The zero-order valence-electron chi connectivity index (χ0n) is 33.4. The van der Waals surface area contributed by atoms with Crippen molar-refractivity contribution in [3.05, 3.63) is 170 Å². The summed E-state index contributed by atoms with van der Waals surface area (Å²) in [5.41, 5.74) is 6.44. The summed E-state index contributed by atoms with van der Waals surface area (Å²) in [4.78, 5) is 0. The highest BCUT2D eigenvalue weighted by molar-refractivity contribution is 6.22. The van der Waals surface area contributed by atoms with Crippen LogP contribution in [0.4, 0.5) is 0 Å². The summed E-state index contributed by atoms with van der Waals surface area (Å²) < 4.78 is 84.3. The van der Waals surface area contributed by atoms with Gasteiger partial charge in [-0.25, -0.2) is 0 Å². The maximum Gasteiger partial charge on any atom is 0.146 e. The quantitative estimate of drug-likeness (QED) is 0.183. The van der Waals surface area contributed by atoms with Gasteiger partial charge in [0.2, 0.25) is 0 Å². The molecule has 0 aliphatic rings. The number of hydrogen-bond donors (Lipinski definition) is 0. The monoisotopic (exact) mass is 620 g/mol. The second kappa shape index (κ2) is 10.6. The first kappa shape index (κ1) is 20.0. The van der Waals surface area contributed by atoms with Crippen LogP contribution in [0.5, 0.6) is 0 Å². The van der Waals surface area contributed by atoms with E-state index in [0.29, 0.717) is 33.4 Å². The van der Waals surface area contributed by atoms with Gasteiger partial charge in [-0.05, 0) is 67.6 Å². The average Bonchev–Trinajstić information content (AvgIpc) is 3.85. The molecule has 0 radical (unpaired) electrons. The Hall–Kier alpha value is -6.38. The number of furan rings is 2. The van der Waals surface area contributed by atoms with E-state index in [-0.39, 0.29) is 45.7 Å². The van der Waals surface area contributed by atoms with Crippen LogP contribution in [0.2, 0.25) is 0 Å². The summed E-state index contributed by atoms with van der Waals surface area (Å²) in [6.07, 6.45) is 0. The summed E-state index contributed by atoms with van der Waals surface area (Å²) in [6, 6.07) is 35.4. The van der Waals surface area contributed by atoms with E-state index in [1.54, 1.807) is 24.3 Å². The summed E-state index contributed by atoms with van der Waals surface area (Å²) in [7, 11) is 0. The standard InChI is InChI=1S/C46H28O2/c1-3-12-30(13-4-1)41-28-33-26-27-40-44(45(33)48-41)39-21-11-20-34(46(39)47-40)29-22-24-32(25-23-29)43-37-18-9-7-16-35(37)42(31-14-5-2-6-15-31)36-17-8-10-19-38(36)43/h1-28H/i7D,8D,9D,10D,16D,17D,18D,19D. The van der Waals surface area contributed by atoms with Crippen molar-refractivity contribution in [3.8, 4) is 44.7 Å². The summed E-state index contributed by atoms with van der Waals surface area (Å²) in [5, 5.41) is 3.45. The van der Waals surface area contributed by atoms with Crippen molar-refractivity contribution in [2.45, 2.75) is 0 Å². The summed E-state index contributed by atoms with van der Waals surface area (Å²) >= 11 is 0. The third-order valence-corrected chi connectivity index (χ3v) is 9.13. The van der Waals surface area contributed by atoms with Gasteiger partial charge in [0.15, 0.2) is 0 Å².